The number of fused-ring (bicyclic) bond motifs is 1. The van der Waals surface area contributed by atoms with Gasteiger partial charge < -0.3 is 24.4 Å². The van der Waals surface area contributed by atoms with Crippen molar-refractivity contribution in [2.45, 2.75) is 33.7 Å². The molecule has 1 aliphatic rings. The number of nitrogens with zero attached hydrogens (tertiary/aromatic N) is 5. The summed E-state index contributed by atoms with van der Waals surface area (Å²) < 4.78 is 18.0. The summed E-state index contributed by atoms with van der Waals surface area (Å²) in [6.45, 7) is 8.71. The van der Waals surface area contributed by atoms with Gasteiger partial charge in [0.05, 0.1) is 19.3 Å². The van der Waals surface area contributed by atoms with E-state index < -0.39 is 12.0 Å². The van der Waals surface area contributed by atoms with Crippen LogP contribution in [0.2, 0.25) is 0 Å². The first-order chi connectivity index (χ1) is 15.4. The number of benzene rings is 1. The molecule has 11 heteroatoms. The Morgan fingerprint density at radius 3 is 2.59 bits per heavy atom. The van der Waals surface area contributed by atoms with Crippen LogP contribution in [0.5, 0.6) is 11.5 Å². The number of ether oxygens (including phenoxy) is 3. The molecule has 0 aliphatic carbocycles. The lowest BCUT2D eigenvalue weighted by Gasteiger charge is -2.27. The van der Waals surface area contributed by atoms with Crippen LogP contribution in [-0.4, -0.2) is 70.4 Å². The number of carbonyl (C=O) groups excluding carboxylic acids is 2. The molecule has 1 atom stereocenters. The van der Waals surface area contributed by atoms with Gasteiger partial charge in [0.2, 0.25) is 5.95 Å². The van der Waals surface area contributed by atoms with Gasteiger partial charge in [-0.05, 0) is 55.8 Å². The van der Waals surface area contributed by atoms with Gasteiger partial charge in [-0.1, -0.05) is 11.2 Å². The number of aromatic nitrogens is 4. The van der Waals surface area contributed by atoms with Crippen molar-refractivity contribution >= 4 is 17.8 Å². The predicted molar refractivity (Wildman–Crippen MR) is 115 cm³/mol. The first-order valence-corrected chi connectivity index (χ1v) is 10.5. The van der Waals surface area contributed by atoms with Crippen molar-refractivity contribution in [2.75, 3.05) is 38.7 Å². The molecule has 1 aliphatic heterocycles. The Morgan fingerprint density at radius 1 is 1.19 bits per heavy atom. The fraction of sp³-hybridized carbons (Fsp3) is 0.476. The lowest BCUT2D eigenvalue weighted by Crippen LogP contribution is -2.34. The number of likely N-dealkylation sites (N-methyl/N-ethyl adjacent to an activating group) is 1. The summed E-state index contributed by atoms with van der Waals surface area (Å²) in [6.07, 6.45) is 0. The second kappa shape index (κ2) is 10.1. The minimum absolute atomic E-state index is 0.102. The maximum absolute atomic E-state index is 12.7. The lowest BCUT2D eigenvalue weighted by atomic mass is 9.95. The summed E-state index contributed by atoms with van der Waals surface area (Å²) in [5.74, 6) is 0.670. The fourth-order valence-electron chi connectivity index (χ4n) is 3.57. The number of allylic oxidation sites excluding steroid dienone is 1. The minimum Gasteiger partial charge on any atom is -0.493 e. The van der Waals surface area contributed by atoms with Crippen LogP contribution in [0.3, 0.4) is 0 Å². The molecule has 32 heavy (non-hydrogen) atoms. The van der Waals surface area contributed by atoms with E-state index in [4.69, 9.17) is 14.2 Å². The molecule has 0 saturated carbocycles. The molecular weight excluding hydrogens is 416 g/mol. The second-order valence-corrected chi connectivity index (χ2v) is 7.00. The Hall–Kier alpha value is -3.63. The van der Waals surface area contributed by atoms with Crippen LogP contribution in [0, 0.1) is 0 Å². The van der Waals surface area contributed by atoms with E-state index in [9.17, 15) is 9.59 Å². The molecule has 0 fully saturated rings. The number of anilines is 1. The Morgan fingerprint density at radius 2 is 1.94 bits per heavy atom. The van der Waals surface area contributed by atoms with Crippen molar-refractivity contribution in [1.82, 2.24) is 25.1 Å². The molecule has 1 N–H and O–H groups in total. The van der Waals surface area contributed by atoms with Crippen molar-refractivity contribution in [1.29, 1.82) is 0 Å². The van der Waals surface area contributed by atoms with Gasteiger partial charge in [-0.2, -0.15) is 4.68 Å². The Bertz CT molecular complexity index is 1010. The molecule has 0 spiro atoms. The summed E-state index contributed by atoms with van der Waals surface area (Å²) in [7, 11) is 1.51. The molecule has 0 saturated heterocycles. The quantitative estimate of drug-likeness (QED) is 0.577. The molecule has 1 aromatic heterocycles. The highest BCUT2D eigenvalue weighted by molar-refractivity contribution is 5.92. The number of carbonyl (C=O) groups is 2. The number of amides is 1. The zero-order chi connectivity index (χ0) is 23.3. The van der Waals surface area contributed by atoms with Gasteiger partial charge in [-0.3, -0.25) is 4.79 Å². The van der Waals surface area contributed by atoms with Crippen molar-refractivity contribution in [3.63, 3.8) is 0 Å². The van der Waals surface area contributed by atoms with Crippen molar-refractivity contribution < 1.29 is 23.8 Å². The first-order valence-electron chi connectivity index (χ1n) is 10.5. The number of esters is 1. The van der Waals surface area contributed by atoms with E-state index in [1.165, 1.54) is 11.8 Å². The molecule has 0 bridgehead atoms. The van der Waals surface area contributed by atoms with Crippen molar-refractivity contribution in [3.05, 3.63) is 35.0 Å². The van der Waals surface area contributed by atoms with Gasteiger partial charge in [0, 0.05) is 18.8 Å². The van der Waals surface area contributed by atoms with Crippen LogP contribution in [0.4, 0.5) is 5.95 Å². The molecular formula is C21H28N6O5. The minimum atomic E-state index is -0.624. The van der Waals surface area contributed by atoms with Crippen LogP contribution in [0.15, 0.2) is 29.5 Å². The topological polar surface area (TPSA) is 121 Å². The smallest absolute Gasteiger partial charge is 0.338 e. The lowest BCUT2D eigenvalue weighted by molar-refractivity contribution is -0.139. The molecule has 2 aromatic rings. The number of hydrogen-bond acceptors (Lipinski definition) is 9. The fourth-order valence-corrected chi connectivity index (χ4v) is 3.57. The Labute approximate surface area is 186 Å². The zero-order valence-corrected chi connectivity index (χ0v) is 18.9. The summed E-state index contributed by atoms with van der Waals surface area (Å²) in [4.78, 5) is 26.7. The maximum atomic E-state index is 12.7. The van der Waals surface area contributed by atoms with E-state index in [2.05, 4.69) is 20.8 Å². The maximum Gasteiger partial charge on any atom is 0.338 e. The molecule has 172 valence electrons. The van der Waals surface area contributed by atoms with E-state index >= 15 is 0 Å². The molecule has 0 radical (unpaired) electrons. The molecule has 1 unspecified atom stereocenters. The third-order valence-electron chi connectivity index (χ3n) is 5.18. The van der Waals surface area contributed by atoms with Gasteiger partial charge in [-0.15, -0.1) is 0 Å². The number of tetrazole rings is 1. The highest BCUT2D eigenvalue weighted by Crippen LogP contribution is 2.38. The average molecular weight is 444 g/mol. The number of hydrogen-bond donors (Lipinski definition) is 1. The van der Waals surface area contributed by atoms with Crippen molar-refractivity contribution in [3.8, 4) is 11.5 Å². The van der Waals surface area contributed by atoms with Crippen LogP contribution in [-0.2, 0) is 14.3 Å². The average Bonchev–Trinajstić information content (AvgIpc) is 3.25. The number of methoxy groups -OCH3 is 1. The SMILES string of the molecule is CCOC(=O)C1=C(C)Nc2nnnn2C1c1ccc(OCC(=O)N(CC)CC)c(OC)c1. The van der Waals surface area contributed by atoms with Gasteiger partial charge >= 0.3 is 5.97 Å². The highest BCUT2D eigenvalue weighted by Gasteiger charge is 2.35. The van der Waals surface area contributed by atoms with Crippen LogP contribution < -0.4 is 14.8 Å². The van der Waals surface area contributed by atoms with Crippen LogP contribution in [0.1, 0.15) is 39.3 Å². The molecule has 11 nitrogen and oxygen atoms in total. The van der Waals surface area contributed by atoms with Gasteiger partial charge in [0.15, 0.2) is 18.1 Å². The third-order valence-corrected chi connectivity index (χ3v) is 5.18. The van der Waals surface area contributed by atoms with Gasteiger partial charge in [-0.25, -0.2) is 4.79 Å². The monoisotopic (exact) mass is 444 g/mol. The summed E-state index contributed by atoms with van der Waals surface area (Å²) in [6, 6.07) is 4.60. The summed E-state index contributed by atoms with van der Waals surface area (Å²) in [5.41, 5.74) is 1.68. The second-order valence-electron chi connectivity index (χ2n) is 7.00. The number of rotatable bonds is 9. The van der Waals surface area contributed by atoms with Crippen LogP contribution >= 0.6 is 0 Å². The van der Waals surface area contributed by atoms with E-state index in [0.29, 0.717) is 47.4 Å². The molecule has 1 amide bonds. The summed E-state index contributed by atoms with van der Waals surface area (Å²) >= 11 is 0. The molecule has 3 rings (SSSR count). The predicted octanol–water partition coefficient (Wildman–Crippen LogP) is 1.78. The number of nitrogens with one attached hydrogen (secondary N) is 1. The van der Waals surface area contributed by atoms with E-state index in [1.54, 1.807) is 36.9 Å². The Balaban J connectivity index is 1.94. The highest BCUT2D eigenvalue weighted by atomic mass is 16.5. The largest absolute Gasteiger partial charge is 0.493 e. The summed E-state index contributed by atoms with van der Waals surface area (Å²) in [5, 5.41) is 14.8. The Kier molecular flexibility index (Phi) is 7.29. The van der Waals surface area contributed by atoms with E-state index in [0.717, 1.165) is 0 Å². The molecule has 1 aromatic carbocycles. The zero-order valence-electron chi connectivity index (χ0n) is 18.9. The van der Waals surface area contributed by atoms with Crippen LogP contribution in [0.25, 0.3) is 0 Å². The normalized spacial score (nSPS) is 15.0. The molecule has 2 heterocycles. The van der Waals surface area contributed by atoms with E-state index in [-0.39, 0.29) is 19.1 Å². The standard InChI is InChI=1S/C21H28N6O5/c1-6-26(7-2)17(28)12-32-15-10-9-14(11-16(15)30-5)19-18(20(29)31-8-3)13(4)22-21-23-24-25-27(19)21/h9-11,19H,6-8,12H2,1-5H3,(H,22,23,25). The van der Waals surface area contributed by atoms with Gasteiger partial charge in [0.25, 0.3) is 5.91 Å². The van der Waals surface area contributed by atoms with Gasteiger partial charge in [0.1, 0.15) is 6.04 Å². The third kappa shape index (κ3) is 4.51. The van der Waals surface area contributed by atoms with Crippen molar-refractivity contribution in [2.24, 2.45) is 0 Å². The van der Waals surface area contributed by atoms with E-state index in [1.807, 2.05) is 13.8 Å². The first kappa shape index (κ1) is 23.0.